The molecule has 2 saturated heterocycles. The number of anilines is 6. The lowest BCUT2D eigenvalue weighted by molar-refractivity contribution is -0.139. The molecule has 23 nitrogen and oxygen atoms in total. The first-order valence-electron chi connectivity index (χ1n) is 32.4. The third kappa shape index (κ3) is 18.2. The number of halogens is 10. The molecule has 2 aliphatic rings. The highest BCUT2D eigenvalue weighted by atomic mass is 19.4. The van der Waals surface area contributed by atoms with E-state index >= 15 is 0 Å². The third-order valence-electron chi connectivity index (χ3n) is 17.4. The van der Waals surface area contributed by atoms with Crippen molar-refractivity contribution in [1.29, 1.82) is 0 Å². The summed E-state index contributed by atoms with van der Waals surface area (Å²) in [6.45, 7) is 6.35. The number of nitrogens with one attached hydrogen (secondary N) is 9. The highest BCUT2D eigenvalue weighted by Gasteiger charge is 2.36. The van der Waals surface area contributed by atoms with Crippen LogP contribution in [0, 0.1) is 5.82 Å². The van der Waals surface area contributed by atoms with Gasteiger partial charge in [-0.3, -0.25) is 40.0 Å². The molecule has 6 aromatic heterocycles. The summed E-state index contributed by atoms with van der Waals surface area (Å²) in [6, 6.07) is 25.5. The molecule has 542 valence electrons. The van der Waals surface area contributed by atoms with Gasteiger partial charge in [0.25, 0.3) is 0 Å². The number of nitrogens with zero attached hydrogens (tertiary/aromatic N) is 10. The summed E-state index contributed by atoms with van der Waals surface area (Å²) in [7, 11) is 3.97. The van der Waals surface area contributed by atoms with Crippen molar-refractivity contribution in [2.45, 2.75) is 31.6 Å². The van der Waals surface area contributed by atoms with E-state index in [1.54, 1.807) is 80.0 Å². The number of urea groups is 3. The van der Waals surface area contributed by atoms with E-state index in [9.17, 15) is 63.4 Å². The Morgan fingerprint density at radius 2 is 0.810 bits per heavy atom. The molecule has 8 heterocycles. The number of phenolic OH excluding ortho intramolecular Hbond substituents is 1. The summed E-state index contributed by atoms with van der Waals surface area (Å²) in [5.74, 6) is -0.927. The van der Waals surface area contributed by atoms with Gasteiger partial charge in [0.15, 0.2) is 0 Å². The Morgan fingerprint density at radius 3 is 1.25 bits per heavy atom. The fourth-order valence-corrected chi connectivity index (χ4v) is 11.8. The molecule has 0 unspecified atom stereocenters. The summed E-state index contributed by atoms with van der Waals surface area (Å²) in [5, 5.41) is 47.9. The fourth-order valence-electron chi connectivity index (χ4n) is 11.8. The van der Waals surface area contributed by atoms with Crippen LogP contribution in [0.5, 0.6) is 5.75 Å². The van der Waals surface area contributed by atoms with Gasteiger partial charge in [0.1, 0.15) is 11.6 Å². The van der Waals surface area contributed by atoms with Gasteiger partial charge in [-0.1, -0.05) is 42.5 Å². The normalized spacial score (nSPS) is 14.1. The van der Waals surface area contributed by atoms with Gasteiger partial charge in [0, 0.05) is 140 Å². The van der Waals surface area contributed by atoms with Crippen LogP contribution in [-0.4, -0.2) is 155 Å². The van der Waals surface area contributed by atoms with Gasteiger partial charge in [0.2, 0.25) is 0 Å². The number of H-pyrrole nitrogens is 3. The number of likely N-dealkylation sites (N-methyl/N-ethyl adjacent to an activating group) is 2. The zero-order valence-corrected chi connectivity index (χ0v) is 55.7. The Morgan fingerprint density at radius 1 is 0.419 bits per heavy atom. The van der Waals surface area contributed by atoms with Crippen LogP contribution in [0.2, 0.25) is 0 Å². The van der Waals surface area contributed by atoms with Gasteiger partial charge in [0.05, 0.1) is 81.8 Å². The molecule has 6 aromatic carbocycles. The van der Waals surface area contributed by atoms with Crippen molar-refractivity contribution in [3.8, 4) is 39.1 Å². The van der Waals surface area contributed by atoms with Crippen LogP contribution < -0.4 is 31.9 Å². The molecular formula is C72H65F10N19O4. The van der Waals surface area contributed by atoms with Crippen molar-refractivity contribution in [3.05, 3.63) is 211 Å². The monoisotopic (exact) mass is 1450 g/mol. The number of rotatable bonds is 13. The molecular weight excluding hydrogens is 1380 g/mol. The summed E-state index contributed by atoms with van der Waals surface area (Å²) in [6.07, 6.45) is 1.18. The number of benzene rings is 6. The average Bonchev–Trinajstić information content (AvgIpc) is 1.10. The summed E-state index contributed by atoms with van der Waals surface area (Å²) >= 11 is 0. The number of piperazine rings is 2. The van der Waals surface area contributed by atoms with Crippen molar-refractivity contribution in [3.63, 3.8) is 0 Å². The molecule has 105 heavy (non-hydrogen) atoms. The molecule has 2 fully saturated rings. The van der Waals surface area contributed by atoms with Crippen LogP contribution >= 0.6 is 0 Å². The van der Waals surface area contributed by atoms with Crippen LogP contribution in [0.1, 0.15) is 27.8 Å². The smallest absolute Gasteiger partial charge is 0.416 e. The van der Waals surface area contributed by atoms with Gasteiger partial charge in [-0.2, -0.15) is 54.8 Å². The largest absolute Gasteiger partial charge is 0.506 e. The van der Waals surface area contributed by atoms with E-state index in [0.717, 1.165) is 94.3 Å². The minimum absolute atomic E-state index is 0.0313. The molecule has 0 bridgehead atoms. The maximum Gasteiger partial charge on any atom is 0.416 e. The maximum atomic E-state index is 14.8. The van der Waals surface area contributed by atoms with Crippen LogP contribution in [-0.2, 0) is 31.6 Å². The maximum absolute atomic E-state index is 14.8. The number of carbonyl (C=O) groups is 3. The molecule has 10 N–H and O–H groups in total. The lowest BCUT2D eigenvalue weighted by Gasteiger charge is -2.33. The molecule has 0 radical (unpaired) electrons. The lowest BCUT2D eigenvalue weighted by atomic mass is 10.0. The number of hydrogen-bond donors (Lipinski definition) is 10. The van der Waals surface area contributed by atoms with Crippen LogP contribution in [0.25, 0.3) is 66.1 Å². The zero-order chi connectivity index (χ0) is 74.2. The van der Waals surface area contributed by atoms with E-state index in [4.69, 9.17) is 0 Å². The van der Waals surface area contributed by atoms with Crippen LogP contribution in [0.3, 0.4) is 0 Å². The third-order valence-corrected chi connectivity index (χ3v) is 17.4. The van der Waals surface area contributed by atoms with Crippen LogP contribution in [0.15, 0.2) is 177 Å². The number of aromatic hydroxyl groups is 1. The van der Waals surface area contributed by atoms with E-state index in [-0.39, 0.29) is 58.4 Å². The standard InChI is InChI=1S/C26H25F4N7O.C26H26F3N7O.C20H14F3N5O2/c1-36-6-8-37(9-7-36)15-17-2-4-18(11-21(17)26(28,29)30)33-25(38)34-23-5-3-16(10-22(23)27)19-12-31-14-24-20(19)13-32-35-24;1-35-8-10-36(11-9-35)16-18-4-7-20(12-23(18)26(27,28)29)33-25(37)32-19-5-2-17(3-6-19)21-13-30-15-24-22(21)14-31-34-24;21-20(22,23)12-2-1-3-13(7-12)26-19(30)27-16-5-4-11(6-18(16)29)14-8-24-10-17-15(14)9-25-28-17/h2-5,10-14H,6-9,15H2,1H3,(H,32,35)(H2,33,34,38);2-7,12-15H,8-11,16H2,1H3,(H,31,34)(H2,32,33,37);1-10,29H,(H,25,28)(H2,26,27,30). The summed E-state index contributed by atoms with van der Waals surface area (Å²) in [5.41, 5.74) is 4.92. The number of pyridine rings is 3. The SMILES string of the molecule is CN1CCN(Cc2ccc(NC(=O)Nc3ccc(-c4cncc5[nH]ncc45)cc3)cc2C(F)(F)F)CC1.CN1CCN(Cc2ccc(NC(=O)Nc3ccc(-c4cncc5[nH]ncc45)cc3F)cc2C(F)(F)F)CC1.O=C(Nc1cccc(C(F)(F)F)c1)Nc1ccc(-c2cncc3[nH]ncc23)cc1O. The summed E-state index contributed by atoms with van der Waals surface area (Å²) in [4.78, 5) is 57.9. The Labute approximate surface area is 591 Å². The predicted molar refractivity (Wildman–Crippen MR) is 377 cm³/mol. The number of aromatic amines is 3. The Balaban J connectivity index is 0.000000149. The average molecular weight is 1450 g/mol. The van der Waals surface area contributed by atoms with Crippen molar-refractivity contribution in [2.75, 3.05) is 98.4 Å². The van der Waals surface area contributed by atoms with E-state index in [1.807, 2.05) is 36.0 Å². The minimum Gasteiger partial charge on any atom is -0.506 e. The van der Waals surface area contributed by atoms with Crippen molar-refractivity contribution < 1.29 is 63.4 Å². The number of carbonyl (C=O) groups excluding carboxylic acids is 3. The minimum atomic E-state index is -4.59. The first-order valence-corrected chi connectivity index (χ1v) is 32.4. The second-order valence-corrected chi connectivity index (χ2v) is 24.8. The lowest BCUT2D eigenvalue weighted by Crippen LogP contribution is -2.44. The number of aromatic nitrogens is 9. The zero-order valence-electron chi connectivity index (χ0n) is 55.7. The van der Waals surface area contributed by atoms with Gasteiger partial charge in [-0.25, -0.2) is 18.8 Å². The van der Waals surface area contributed by atoms with E-state index < -0.39 is 59.1 Å². The number of alkyl halides is 9. The first-order chi connectivity index (χ1) is 50.2. The molecule has 2 aliphatic heterocycles. The molecule has 0 saturated carbocycles. The molecule has 6 amide bonds. The topological polar surface area (TPSA) is 281 Å². The molecule has 12 aromatic rings. The molecule has 0 atom stereocenters. The molecule has 0 aliphatic carbocycles. The van der Waals surface area contributed by atoms with Crippen LogP contribution in [0.4, 0.5) is 92.4 Å². The molecule has 0 spiro atoms. The van der Waals surface area contributed by atoms with Gasteiger partial charge < -0.3 is 46.8 Å². The predicted octanol–water partition coefficient (Wildman–Crippen LogP) is 15.2. The van der Waals surface area contributed by atoms with E-state index in [2.05, 4.69) is 87.2 Å². The summed E-state index contributed by atoms with van der Waals surface area (Å²) < 4.78 is 136. The van der Waals surface area contributed by atoms with Crippen molar-refractivity contribution >= 4 is 84.9 Å². The number of phenols is 1. The Bertz CT molecular complexity index is 5090. The van der Waals surface area contributed by atoms with Gasteiger partial charge in [-0.15, -0.1) is 0 Å². The first kappa shape index (κ1) is 72.7. The number of hydrogen-bond acceptors (Lipinski definition) is 14. The number of amides is 6. The highest BCUT2D eigenvalue weighted by molar-refractivity contribution is 6.03. The number of fused-ring (bicyclic) bond motifs is 3. The molecule has 14 rings (SSSR count). The van der Waals surface area contributed by atoms with Crippen molar-refractivity contribution in [1.82, 2.24) is 65.1 Å². The Kier molecular flexibility index (Phi) is 21.6. The second-order valence-electron chi connectivity index (χ2n) is 24.8. The van der Waals surface area contributed by atoms with Gasteiger partial charge >= 0.3 is 36.6 Å². The molecule has 33 heteroatoms. The van der Waals surface area contributed by atoms with E-state index in [0.29, 0.717) is 54.1 Å². The Hall–Kier alpha value is -12.1. The van der Waals surface area contributed by atoms with E-state index in [1.165, 1.54) is 60.7 Å². The van der Waals surface area contributed by atoms with Gasteiger partial charge in [-0.05, 0) is 121 Å². The highest BCUT2D eigenvalue weighted by Crippen LogP contribution is 2.39. The second kappa shape index (κ2) is 31.3. The quantitative estimate of drug-likeness (QED) is 0.0380. The fraction of sp³-hybridized carbons (Fsp3) is 0.208. The van der Waals surface area contributed by atoms with Crippen molar-refractivity contribution in [2.24, 2.45) is 0 Å².